The summed E-state index contributed by atoms with van der Waals surface area (Å²) in [5.41, 5.74) is 8.72. The van der Waals surface area contributed by atoms with Gasteiger partial charge in [0.05, 0.1) is 11.4 Å². The molecule has 3 N–H and O–H groups in total. The Kier molecular flexibility index (Phi) is 2.76. The topological polar surface area (TPSA) is 80.9 Å². The molecule has 106 valence electrons. The van der Waals surface area contributed by atoms with Gasteiger partial charge < -0.3 is 11.1 Å². The molecule has 1 amide bonds. The molecule has 1 aliphatic carbocycles. The summed E-state index contributed by atoms with van der Waals surface area (Å²) in [6.45, 7) is 8.14. The molecule has 0 aliphatic heterocycles. The Balaban J connectivity index is 1.98. The lowest BCUT2D eigenvalue weighted by atomic mass is 10.1. The number of fused-ring (bicyclic) bond motifs is 1. The Bertz CT molecular complexity index is 720. The second-order valence-electron chi connectivity index (χ2n) is 6.15. The minimum atomic E-state index is -0.0990. The molecule has 20 heavy (non-hydrogen) atoms. The average Bonchev–Trinajstić information content (AvgIpc) is 2.81. The van der Waals surface area contributed by atoms with Gasteiger partial charge in [0.2, 0.25) is 0 Å². The number of aryl methyl sites for hydroxylation is 2. The van der Waals surface area contributed by atoms with Crippen molar-refractivity contribution >= 4 is 33.1 Å². The van der Waals surface area contributed by atoms with Gasteiger partial charge in [-0.15, -0.1) is 16.4 Å². The van der Waals surface area contributed by atoms with Crippen LogP contribution in [0.1, 0.15) is 41.2 Å². The molecule has 0 spiro atoms. The summed E-state index contributed by atoms with van der Waals surface area (Å²) in [6.07, 6.45) is 1.02. The molecular formula is C14H18N4OS. The number of anilines is 1. The molecule has 2 aromatic rings. The van der Waals surface area contributed by atoms with E-state index in [4.69, 9.17) is 5.73 Å². The van der Waals surface area contributed by atoms with Crippen LogP contribution in [0.5, 0.6) is 0 Å². The third-order valence-corrected chi connectivity index (χ3v) is 5.25. The van der Waals surface area contributed by atoms with Gasteiger partial charge in [-0.3, -0.25) is 4.79 Å². The van der Waals surface area contributed by atoms with Gasteiger partial charge in [-0.1, -0.05) is 13.8 Å². The Morgan fingerprint density at radius 2 is 2.05 bits per heavy atom. The lowest BCUT2D eigenvalue weighted by Gasteiger charge is -2.06. The number of hydrogen-bond acceptors (Lipinski definition) is 5. The summed E-state index contributed by atoms with van der Waals surface area (Å²) < 4.78 is 0. The molecule has 0 radical (unpaired) electrons. The molecule has 2 heterocycles. The van der Waals surface area contributed by atoms with E-state index < -0.39 is 0 Å². The van der Waals surface area contributed by atoms with Gasteiger partial charge in [-0.2, -0.15) is 5.10 Å². The number of hydrogen-bond donors (Lipinski definition) is 2. The molecular weight excluding hydrogens is 272 g/mol. The van der Waals surface area contributed by atoms with Crippen LogP contribution in [0.25, 0.3) is 10.2 Å². The molecule has 5 nitrogen and oxygen atoms in total. The van der Waals surface area contributed by atoms with Crippen molar-refractivity contribution in [2.24, 2.45) is 5.41 Å². The molecule has 1 fully saturated rings. The second-order valence-corrected chi connectivity index (χ2v) is 7.15. The van der Waals surface area contributed by atoms with E-state index in [0.29, 0.717) is 10.6 Å². The van der Waals surface area contributed by atoms with Crippen molar-refractivity contribution < 1.29 is 4.79 Å². The Labute approximate surface area is 121 Å². The van der Waals surface area contributed by atoms with Crippen molar-refractivity contribution in [1.82, 2.24) is 15.5 Å². The highest BCUT2D eigenvalue weighted by molar-refractivity contribution is 7.21. The van der Waals surface area contributed by atoms with Crippen molar-refractivity contribution in [2.45, 2.75) is 40.2 Å². The fourth-order valence-corrected chi connectivity index (χ4v) is 3.35. The fraction of sp³-hybridized carbons (Fsp3) is 0.500. The highest BCUT2D eigenvalue weighted by atomic mass is 32.1. The second kappa shape index (κ2) is 4.15. The third-order valence-electron chi connectivity index (χ3n) is 4.16. The fourth-order valence-electron chi connectivity index (χ4n) is 2.35. The van der Waals surface area contributed by atoms with Crippen molar-refractivity contribution in [1.29, 1.82) is 0 Å². The SMILES string of the molecule is Cc1nnc2sc(C(=O)NC3CC3(C)C)c(N)c2c1C. The van der Waals surface area contributed by atoms with Crippen LogP contribution in [0.3, 0.4) is 0 Å². The van der Waals surface area contributed by atoms with E-state index in [-0.39, 0.29) is 17.4 Å². The van der Waals surface area contributed by atoms with E-state index in [1.165, 1.54) is 11.3 Å². The van der Waals surface area contributed by atoms with Gasteiger partial charge in [0.15, 0.2) is 0 Å². The van der Waals surface area contributed by atoms with Gasteiger partial charge in [-0.05, 0) is 31.2 Å². The highest BCUT2D eigenvalue weighted by Gasteiger charge is 2.46. The molecule has 1 saturated carbocycles. The van der Waals surface area contributed by atoms with Gasteiger partial charge >= 0.3 is 0 Å². The lowest BCUT2D eigenvalue weighted by molar-refractivity contribution is 0.0951. The quantitative estimate of drug-likeness (QED) is 0.890. The number of nitrogens with two attached hydrogens (primary N) is 1. The summed E-state index contributed by atoms with van der Waals surface area (Å²) in [7, 11) is 0. The largest absolute Gasteiger partial charge is 0.397 e. The van der Waals surface area contributed by atoms with Crippen LogP contribution in [-0.2, 0) is 0 Å². The van der Waals surface area contributed by atoms with Crippen molar-refractivity contribution in [3.63, 3.8) is 0 Å². The van der Waals surface area contributed by atoms with Gasteiger partial charge in [-0.25, -0.2) is 0 Å². The molecule has 1 unspecified atom stereocenters. The first-order valence-electron chi connectivity index (χ1n) is 6.64. The van der Waals surface area contributed by atoms with Crippen LogP contribution in [0.15, 0.2) is 0 Å². The van der Waals surface area contributed by atoms with Crippen LogP contribution in [0, 0.1) is 19.3 Å². The van der Waals surface area contributed by atoms with E-state index in [0.717, 1.165) is 27.9 Å². The standard InChI is InChI=1S/C14H18N4OS/c1-6-7(2)17-18-13-9(6)10(15)11(20-13)12(19)16-8-5-14(8,3)4/h8H,5,15H2,1-4H3,(H,16,19). The normalized spacial score (nSPS) is 20.1. The van der Waals surface area contributed by atoms with E-state index in [1.54, 1.807) is 0 Å². The first-order chi connectivity index (χ1) is 9.31. The van der Waals surface area contributed by atoms with Crippen LogP contribution >= 0.6 is 11.3 Å². The number of thiophene rings is 1. The zero-order valence-corrected chi connectivity index (χ0v) is 12.9. The first-order valence-corrected chi connectivity index (χ1v) is 7.45. The van der Waals surface area contributed by atoms with Crippen molar-refractivity contribution in [2.75, 3.05) is 5.73 Å². The minimum Gasteiger partial charge on any atom is -0.397 e. The number of nitrogens with zero attached hydrogens (tertiary/aromatic N) is 2. The van der Waals surface area contributed by atoms with Gasteiger partial charge in [0, 0.05) is 11.4 Å². The molecule has 2 aromatic heterocycles. The number of carbonyl (C=O) groups is 1. The number of carbonyl (C=O) groups excluding carboxylic acids is 1. The maximum absolute atomic E-state index is 12.3. The van der Waals surface area contributed by atoms with Crippen LogP contribution in [0.4, 0.5) is 5.69 Å². The monoisotopic (exact) mass is 290 g/mol. The lowest BCUT2D eigenvalue weighted by Crippen LogP contribution is -2.28. The zero-order valence-electron chi connectivity index (χ0n) is 12.1. The predicted octanol–water partition coefficient (Wildman–Crippen LogP) is 2.42. The average molecular weight is 290 g/mol. The molecule has 6 heteroatoms. The van der Waals surface area contributed by atoms with Crippen LogP contribution in [0.2, 0.25) is 0 Å². The predicted molar refractivity (Wildman–Crippen MR) is 81.0 cm³/mol. The molecule has 1 aliphatic rings. The summed E-state index contributed by atoms with van der Waals surface area (Å²) >= 11 is 1.31. The summed E-state index contributed by atoms with van der Waals surface area (Å²) in [5, 5.41) is 12.1. The third kappa shape index (κ3) is 1.95. The van der Waals surface area contributed by atoms with E-state index in [9.17, 15) is 4.79 Å². The molecule has 0 aromatic carbocycles. The summed E-state index contributed by atoms with van der Waals surface area (Å²) in [4.78, 5) is 13.6. The number of nitrogens with one attached hydrogen (secondary N) is 1. The van der Waals surface area contributed by atoms with Gasteiger partial charge in [0.25, 0.3) is 5.91 Å². The zero-order chi connectivity index (χ0) is 14.7. The number of rotatable bonds is 2. The Morgan fingerprint density at radius 1 is 1.40 bits per heavy atom. The number of amides is 1. The maximum Gasteiger partial charge on any atom is 0.263 e. The van der Waals surface area contributed by atoms with Crippen molar-refractivity contribution in [3.8, 4) is 0 Å². The number of aromatic nitrogens is 2. The maximum atomic E-state index is 12.3. The molecule has 0 bridgehead atoms. The van der Waals surface area contributed by atoms with Crippen molar-refractivity contribution in [3.05, 3.63) is 16.1 Å². The van der Waals surface area contributed by atoms with Crippen LogP contribution in [-0.4, -0.2) is 22.1 Å². The molecule has 3 rings (SSSR count). The highest BCUT2D eigenvalue weighted by Crippen LogP contribution is 2.45. The molecule has 0 saturated heterocycles. The van der Waals surface area contributed by atoms with E-state index in [1.807, 2.05) is 13.8 Å². The smallest absolute Gasteiger partial charge is 0.263 e. The van der Waals surface area contributed by atoms with Crippen LogP contribution < -0.4 is 11.1 Å². The van der Waals surface area contributed by atoms with E-state index in [2.05, 4.69) is 29.4 Å². The Hall–Kier alpha value is -1.69. The van der Waals surface area contributed by atoms with Gasteiger partial charge in [0.1, 0.15) is 9.71 Å². The molecule has 1 atom stereocenters. The number of nitrogen functional groups attached to an aromatic ring is 1. The summed E-state index contributed by atoms with van der Waals surface area (Å²) in [6, 6.07) is 0.244. The summed E-state index contributed by atoms with van der Waals surface area (Å²) in [5.74, 6) is -0.0990. The van der Waals surface area contributed by atoms with E-state index >= 15 is 0 Å². The Morgan fingerprint density at radius 3 is 2.65 bits per heavy atom. The first kappa shape index (κ1) is 13.3. The minimum absolute atomic E-state index is 0.0990.